The first kappa shape index (κ1) is 12.1. The zero-order valence-electron chi connectivity index (χ0n) is 10.0. The lowest BCUT2D eigenvalue weighted by Gasteiger charge is -2.27. The monoisotopic (exact) mass is 282 g/mol. The molecule has 0 spiro atoms. The maximum Gasteiger partial charge on any atom is 0.0508 e. The van der Waals surface area contributed by atoms with Gasteiger partial charge in [0, 0.05) is 11.4 Å². The van der Waals surface area contributed by atoms with Crippen LogP contribution in [0.25, 0.3) is 0 Å². The average molecular weight is 283 g/mol. The van der Waals surface area contributed by atoms with Crippen molar-refractivity contribution in [2.24, 2.45) is 5.92 Å². The molecule has 0 aromatic heterocycles. The Labute approximate surface area is 106 Å². The van der Waals surface area contributed by atoms with E-state index in [2.05, 4.69) is 48.0 Å². The van der Waals surface area contributed by atoms with Gasteiger partial charge in [0.15, 0.2) is 0 Å². The predicted octanol–water partition coefficient (Wildman–Crippen LogP) is 4.17. The van der Waals surface area contributed by atoms with E-state index >= 15 is 0 Å². The van der Waals surface area contributed by atoms with Crippen molar-refractivity contribution < 1.29 is 4.74 Å². The smallest absolute Gasteiger partial charge is 0.0508 e. The van der Waals surface area contributed by atoms with Crippen molar-refractivity contribution in [3.8, 4) is 0 Å². The SMILES string of the molecule is Cc1ccc(C(Br)C2CCCOC2)cc1C. The van der Waals surface area contributed by atoms with Gasteiger partial charge in [0.2, 0.25) is 0 Å². The molecule has 88 valence electrons. The third kappa shape index (κ3) is 2.67. The molecule has 2 atom stereocenters. The van der Waals surface area contributed by atoms with E-state index < -0.39 is 0 Å². The highest BCUT2D eigenvalue weighted by atomic mass is 79.9. The molecular weight excluding hydrogens is 264 g/mol. The van der Waals surface area contributed by atoms with Crippen LogP contribution in [0.15, 0.2) is 18.2 Å². The van der Waals surface area contributed by atoms with Crippen molar-refractivity contribution in [1.29, 1.82) is 0 Å². The summed E-state index contributed by atoms with van der Waals surface area (Å²) in [5, 5.41) is 0. The van der Waals surface area contributed by atoms with Crippen LogP contribution in [-0.4, -0.2) is 13.2 Å². The van der Waals surface area contributed by atoms with Crippen LogP contribution >= 0.6 is 15.9 Å². The Morgan fingerprint density at radius 2 is 2.12 bits per heavy atom. The molecule has 0 amide bonds. The fraction of sp³-hybridized carbons (Fsp3) is 0.571. The van der Waals surface area contributed by atoms with Crippen molar-refractivity contribution in [3.63, 3.8) is 0 Å². The Morgan fingerprint density at radius 1 is 1.31 bits per heavy atom. The number of halogens is 1. The molecule has 1 nitrogen and oxygen atoms in total. The molecule has 1 aliphatic rings. The minimum Gasteiger partial charge on any atom is -0.381 e. The molecule has 16 heavy (non-hydrogen) atoms. The number of ether oxygens (including phenoxy) is 1. The first-order valence-electron chi connectivity index (χ1n) is 5.97. The van der Waals surface area contributed by atoms with Crippen LogP contribution in [0.3, 0.4) is 0 Å². The summed E-state index contributed by atoms with van der Waals surface area (Å²) in [4.78, 5) is 0.437. The van der Waals surface area contributed by atoms with Gasteiger partial charge in [0.25, 0.3) is 0 Å². The molecule has 1 heterocycles. The van der Waals surface area contributed by atoms with E-state index in [-0.39, 0.29) is 0 Å². The Morgan fingerprint density at radius 3 is 2.75 bits per heavy atom. The molecule has 0 N–H and O–H groups in total. The maximum absolute atomic E-state index is 5.55. The fourth-order valence-electron chi connectivity index (χ4n) is 2.20. The summed E-state index contributed by atoms with van der Waals surface area (Å²) in [6.45, 7) is 6.16. The standard InChI is InChI=1S/C14H19BrO/c1-10-5-6-12(8-11(10)2)14(15)13-4-3-7-16-9-13/h5-6,8,13-14H,3-4,7,9H2,1-2H3. The van der Waals surface area contributed by atoms with Crippen LogP contribution in [0.1, 0.15) is 34.4 Å². The number of hydrogen-bond donors (Lipinski definition) is 0. The summed E-state index contributed by atoms with van der Waals surface area (Å²) in [6.07, 6.45) is 2.46. The van der Waals surface area contributed by atoms with E-state index in [0.29, 0.717) is 10.7 Å². The second kappa shape index (κ2) is 5.33. The molecule has 2 unspecified atom stereocenters. The number of aryl methyl sites for hydroxylation is 2. The quantitative estimate of drug-likeness (QED) is 0.740. The molecule has 1 aliphatic heterocycles. The molecule has 2 rings (SSSR count). The lowest BCUT2D eigenvalue weighted by Crippen LogP contribution is -2.21. The van der Waals surface area contributed by atoms with Gasteiger partial charge in [0.1, 0.15) is 0 Å². The zero-order valence-corrected chi connectivity index (χ0v) is 11.6. The molecule has 0 aliphatic carbocycles. The van der Waals surface area contributed by atoms with Crippen LogP contribution in [0.5, 0.6) is 0 Å². The summed E-state index contributed by atoms with van der Waals surface area (Å²) >= 11 is 3.83. The molecule has 1 saturated heterocycles. The Bertz CT molecular complexity index is 356. The lowest BCUT2D eigenvalue weighted by atomic mass is 9.92. The van der Waals surface area contributed by atoms with Gasteiger partial charge >= 0.3 is 0 Å². The van der Waals surface area contributed by atoms with E-state index in [9.17, 15) is 0 Å². The molecule has 2 heteroatoms. The van der Waals surface area contributed by atoms with Gasteiger partial charge in [-0.1, -0.05) is 34.1 Å². The van der Waals surface area contributed by atoms with Crippen LogP contribution in [-0.2, 0) is 4.74 Å². The predicted molar refractivity (Wildman–Crippen MR) is 71.1 cm³/mol. The summed E-state index contributed by atoms with van der Waals surface area (Å²) in [5.74, 6) is 0.621. The van der Waals surface area contributed by atoms with E-state index in [0.717, 1.165) is 13.2 Å². The highest BCUT2D eigenvalue weighted by molar-refractivity contribution is 9.09. The van der Waals surface area contributed by atoms with E-state index in [1.54, 1.807) is 0 Å². The van der Waals surface area contributed by atoms with Crippen LogP contribution in [0, 0.1) is 19.8 Å². The number of rotatable bonds is 2. The second-order valence-corrected chi connectivity index (χ2v) is 5.71. The van der Waals surface area contributed by atoms with Gasteiger partial charge in [-0.3, -0.25) is 0 Å². The topological polar surface area (TPSA) is 9.23 Å². The Hall–Kier alpha value is -0.340. The minimum absolute atomic E-state index is 0.437. The van der Waals surface area contributed by atoms with Gasteiger partial charge in [-0.05, 0) is 49.3 Å². The van der Waals surface area contributed by atoms with Crippen molar-refractivity contribution in [3.05, 3.63) is 34.9 Å². The molecule has 1 aromatic rings. The highest BCUT2D eigenvalue weighted by Gasteiger charge is 2.23. The van der Waals surface area contributed by atoms with Gasteiger partial charge < -0.3 is 4.74 Å². The Kier molecular flexibility index (Phi) is 4.04. The van der Waals surface area contributed by atoms with Gasteiger partial charge in [0.05, 0.1) is 6.61 Å². The first-order valence-corrected chi connectivity index (χ1v) is 6.89. The summed E-state index contributed by atoms with van der Waals surface area (Å²) in [6, 6.07) is 6.74. The molecule has 0 bridgehead atoms. The fourth-order valence-corrected chi connectivity index (χ4v) is 2.91. The van der Waals surface area contributed by atoms with Crippen LogP contribution in [0.2, 0.25) is 0 Å². The number of alkyl halides is 1. The molecular formula is C14H19BrO. The van der Waals surface area contributed by atoms with Gasteiger partial charge in [-0.25, -0.2) is 0 Å². The van der Waals surface area contributed by atoms with Crippen LogP contribution < -0.4 is 0 Å². The maximum atomic E-state index is 5.55. The van der Waals surface area contributed by atoms with Crippen LogP contribution in [0.4, 0.5) is 0 Å². The van der Waals surface area contributed by atoms with E-state index in [1.165, 1.54) is 29.5 Å². The second-order valence-electron chi connectivity index (χ2n) is 4.72. The normalized spacial score (nSPS) is 23.1. The summed E-state index contributed by atoms with van der Waals surface area (Å²) < 4.78 is 5.55. The molecule has 0 radical (unpaired) electrons. The highest BCUT2D eigenvalue weighted by Crippen LogP contribution is 2.36. The summed E-state index contributed by atoms with van der Waals surface area (Å²) in [7, 11) is 0. The third-order valence-corrected chi connectivity index (χ3v) is 4.74. The van der Waals surface area contributed by atoms with Crippen molar-refractivity contribution >= 4 is 15.9 Å². The lowest BCUT2D eigenvalue weighted by molar-refractivity contribution is 0.0546. The van der Waals surface area contributed by atoms with Crippen molar-refractivity contribution in [1.82, 2.24) is 0 Å². The summed E-state index contributed by atoms with van der Waals surface area (Å²) in [5.41, 5.74) is 4.13. The number of hydrogen-bond acceptors (Lipinski definition) is 1. The largest absolute Gasteiger partial charge is 0.381 e. The minimum atomic E-state index is 0.437. The van der Waals surface area contributed by atoms with E-state index in [4.69, 9.17) is 4.74 Å². The number of benzene rings is 1. The first-order chi connectivity index (χ1) is 7.68. The third-order valence-electron chi connectivity index (χ3n) is 3.46. The average Bonchev–Trinajstić information content (AvgIpc) is 2.33. The van der Waals surface area contributed by atoms with Crippen molar-refractivity contribution in [2.75, 3.05) is 13.2 Å². The molecule has 1 fully saturated rings. The zero-order chi connectivity index (χ0) is 11.5. The molecule has 1 aromatic carbocycles. The Balaban J connectivity index is 2.12. The van der Waals surface area contributed by atoms with Crippen molar-refractivity contribution in [2.45, 2.75) is 31.5 Å². The van der Waals surface area contributed by atoms with Gasteiger partial charge in [-0.2, -0.15) is 0 Å². The van der Waals surface area contributed by atoms with E-state index in [1.807, 2.05) is 0 Å². The van der Waals surface area contributed by atoms with Gasteiger partial charge in [-0.15, -0.1) is 0 Å². The molecule has 0 saturated carbocycles.